The molecule has 4 rings (SSSR count). The number of ether oxygens (including phenoxy) is 1. The monoisotopic (exact) mass is 437 g/mol. The minimum absolute atomic E-state index is 0.0152. The molecule has 1 saturated heterocycles. The number of likely N-dealkylation sites (tertiary alicyclic amines) is 1. The molecule has 3 atom stereocenters. The van der Waals surface area contributed by atoms with Crippen LogP contribution >= 0.6 is 11.6 Å². The molecule has 30 heavy (non-hydrogen) atoms. The smallest absolute Gasteiger partial charge is 0.335 e. The van der Waals surface area contributed by atoms with Crippen LogP contribution in [0.5, 0.6) is 0 Å². The number of hydrogen-bond donors (Lipinski definition) is 0. The Kier molecular flexibility index (Phi) is 5.88. The summed E-state index contributed by atoms with van der Waals surface area (Å²) in [7, 11) is 0. The molecule has 2 aliphatic carbocycles. The zero-order valence-corrected chi connectivity index (χ0v) is 17.2. The number of amides is 1. The molecule has 0 bridgehead atoms. The first-order valence-electron chi connectivity index (χ1n) is 9.96. The molecule has 0 saturated carbocycles. The van der Waals surface area contributed by atoms with E-state index in [1.807, 2.05) is 17.1 Å². The highest BCUT2D eigenvalue weighted by Gasteiger charge is 2.37. The number of rotatable bonds is 6. The lowest BCUT2D eigenvalue weighted by atomic mass is 10.0. The van der Waals surface area contributed by atoms with E-state index in [9.17, 15) is 13.6 Å². The van der Waals surface area contributed by atoms with Gasteiger partial charge in [0, 0.05) is 35.9 Å². The molecule has 0 N–H and O–H groups in total. The topological polar surface area (TPSA) is 68.5 Å². The Morgan fingerprint density at radius 1 is 1.30 bits per heavy atom. The van der Waals surface area contributed by atoms with Crippen molar-refractivity contribution in [3.05, 3.63) is 53.2 Å². The molecule has 3 aliphatic rings. The standard InChI is InChI=1S/C21H22ClF2N3O3/c1-2-21(23,24)29-17-9-3-13(4-10-17)20-25-19(26-30-20)14-11-18(28)27(12-14)16-7-5-15(22)6-8-16/h3-7,9,14,16-17H,2,8,10-12H2,1H3. The average molecular weight is 438 g/mol. The van der Waals surface area contributed by atoms with Crippen LogP contribution in [0.2, 0.25) is 0 Å². The Bertz CT molecular complexity index is 938. The van der Waals surface area contributed by atoms with Crippen LogP contribution in [-0.4, -0.2) is 45.7 Å². The molecule has 1 fully saturated rings. The van der Waals surface area contributed by atoms with Gasteiger partial charge in [0.15, 0.2) is 5.82 Å². The predicted molar refractivity (Wildman–Crippen MR) is 107 cm³/mol. The van der Waals surface area contributed by atoms with E-state index in [1.54, 1.807) is 24.3 Å². The van der Waals surface area contributed by atoms with Crippen LogP contribution in [0.15, 0.2) is 46.0 Å². The third kappa shape index (κ3) is 4.54. The zero-order chi connectivity index (χ0) is 21.3. The molecule has 1 aliphatic heterocycles. The molecule has 1 aromatic rings. The zero-order valence-electron chi connectivity index (χ0n) is 16.4. The van der Waals surface area contributed by atoms with Crippen LogP contribution in [0.3, 0.4) is 0 Å². The Morgan fingerprint density at radius 3 is 2.80 bits per heavy atom. The number of nitrogens with zero attached hydrogens (tertiary/aromatic N) is 3. The summed E-state index contributed by atoms with van der Waals surface area (Å²) in [5, 5.41) is 4.73. The maximum absolute atomic E-state index is 13.4. The molecule has 0 spiro atoms. The van der Waals surface area contributed by atoms with Gasteiger partial charge in [-0.2, -0.15) is 13.8 Å². The van der Waals surface area contributed by atoms with E-state index in [1.165, 1.54) is 6.92 Å². The molecular formula is C21H22ClF2N3O3. The molecular weight excluding hydrogens is 416 g/mol. The first-order valence-corrected chi connectivity index (χ1v) is 10.3. The van der Waals surface area contributed by atoms with E-state index in [2.05, 4.69) is 10.1 Å². The molecule has 6 nitrogen and oxygen atoms in total. The number of aromatic nitrogens is 2. The maximum atomic E-state index is 13.4. The van der Waals surface area contributed by atoms with Crippen molar-refractivity contribution >= 4 is 23.1 Å². The van der Waals surface area contributed by atoms with E-state index >= 15 is 0 Å². The summed E-state index contributed by atoms with van der Waals surface area (Å²) in [6, 6.07) is -0.0152. The second-order valence-electron chi connectivity index (χ2n) is 7.56. The lowest BCUT2D eigenvalue weighted by Gasteiger charge is -2.26. The van der Waals surface area contributed by atoms with E-state index < -0.39 is 12.2 Å². The highest BCUT2D eigenvalue weighted by molar-refractivity contribution is 6.31. The van der Waals surface area contributed by atoms with Crippen LogP contribution < -0.4 is 0 Å². The minimum Gasteiger partial charge on any atom is -0.335 e. The fourth-order valence-electron chi connectivity index (χ4n) is 3.71. The summed E-state index contributed by atoms with van der Waals surface area (Å²) in [5.41, 5.74) is 0.657. The number of allylic oxidation sites excluding steroid dienone is 4. The Morgan fingerprint density at radius 2 is 2.13 bits per heavy atom. The molecule has 9 heteroatoms. The van der Waals surface area contributed by atoms with Gasteiger partial charge in [0.05, 0.1) is 12.1 Å². The van der Waals surface area contributed by atoms with Crippen LogP contribution in [0.4, 0.5) is 8.78 Å². The van der Waals surface area contributed by atoms with Crippen molar-refractivity contribution in [3.8, 4) is 0 Å². The van der Waals surface area contributed by atoms with Crippen molar-refractivity contribution in [2.75, 3.05) is 6.54 Å². The Balaban J connectivity index is 1.38. The van der Waals surface area contributed by atoms with E-state index in [0.717, 1.165) is 0 Å². The normalized spacial score (nSPS) is 26.9. The third-order valence-corrected chi connectivity index (χ3v) is 5.72. The van der Waals surface area contributed by atoms with Gasteiger partial charge in [-0.1, -0.05) is 54.1 Å². The van der Waals surface area contributed by atoms with Gasteiger partial charge in [0.1, 0.15) is 0 Å². The molecule has 0 radical (unpaired) electrons. The number of hydrogen-bond acceptors (Lipinski definition) is 5. The number of carbonyl (C=O) groups excluding carboxylic acids is 1. The number of halogens is 3. The fourth-order valence-corrected chi connectivity index (χ4v) is 3.87. The molecule has 3 unspecified atom stereocenters. The SMILES string of the molecule is CCC(F)(F)OC1C=CC(c2nc(C3CC(=O)N(C4C=CC(Cl)=CC4)C3)no2)=CC1. The van der Waals surface area contributed by atoms with Crippen LogP contribution in [-0.2, 0) is 9.53 Å². The van der Waals surface area contributed by atoms with Gasteiger partial charge in [-0.05, 0) is 18.9 Å². The summed E-state index contributed by atoms with van der Waals surface area (Å²) in [6.07, 6.45) is 7.66. The number of carbonyl (C=O) groups is 1. The molecule has 0 aromatic carbocycles. The van der Waals surface area contributed by atoms with Crippen molar-refractivity contribution in [3.63, 3.8) is 0 Å². The quantitative estimate of drug-likeness (QED) is 0.652. The van der Waals surface area contributed by atoms with Crippen molar-refractivity contribution in [1.29, 1.82) is 0 Å². The molecule has 2 heterocycles. The highest BCUT2D eigenvalue weighted by atomic mass is 35.5. The summed E-state index contributed by atoms with van der Waals surface area (Å²) in [5.74, 6) is 0.665. The predicted octanol–water partition coefficient (Wildman–Crippen LogP) is 4.57. The lowest BCUT2D eigenvalue weighted by molar-refractivity contribution is -0.254. The summed E-state index contributed by atoms with van der Waals surface area (Å²) in [4.78, 5) is 18.7. The second kappa shape index (κ2) is 8.43. The van der Waals surface area contributed by atoms with Gasteiger partial charge >= 0.3 is 6.11 Å². The van der Waals surface area contributed by atoms with Crippen molar-refractivity contribution < 1.29 is 22.8 Å². The van der Waals surface area contributed by atoms with Gasteiger partial charge < -0.3 is 14.2 Å². The lowest BCUT2D eigenvalue weighted by Crippen LogP contribution is -2.35. The van der Waals surface area contributed by atoms with Crippen LogP contribution in [0.1, 0.15) is 50.2 Å². The molecule has 1 amide bonds. The highest BCUT2D eigenvalue weighted by Crippen LogP contribution is 2.32. The maximum Gasteiger partial charge on any atom is 0.356 e. The van der Waals surface area contributed by atoms with Crippen molar-refractivity contribution in [2.24, 2.45) is 0 Å². The van der Waals surface area contributed by atoms with E-state index in [-0.39, 0.29) is 24.3 Å². The third-order valence-electron chi connectivity index (χ3n) is 5.44. The second-order valence-corrected chi connectivity index (χ2v) is 7.99. The van der Waals surface area contributed by atoms with Crippen LogP contribution in [0, 0.1) is 0 Å². The Labute approximate surface area is 177 Å². The molecule has 160 valence electrons. The van der Waals surface area contributed by atoms with Gasteiger partial charge in [-0.15, -0.1) is 0 Å². The van der Waals surface area contributed by atoms with Crippen LogP contribution in [0.25, 0.3) is 5.57 Å². The van der Waals surface area contributed by atoms with Gasteiger partial charge in [0.2, 0.25) is 5.91 Å². The largest absolute Gasteiger partial charge is 0.356 e. The average Bonchev–Trinajstić information content (AvgIpc) is 3.36. The van der Waals surface area contributed by atoms with Crippen molar-refractivity contribution in [1.82, 2.24) is 15.0 Å². The van der Waals surface area contributed by atoms with Crippen molar-refractivity contribution in [2.45, 2.75) is 56.8 Å². The number of alkyl halides is 2. The van der Waals surface area contributed by atoms with Gasteiger partial charge in [-0.25, -0.2) is 0 Å². The minimum atomic E-state index is -3.15. The molecule has 1 aromatic heterocycles. The van der Waals surface area contributed by atoms with E-state index in [0.29, 0.717) is 48.1 Å². The Hall–Kier alpha value is -2.32. The summed E-state index contributed by atoms with van der Waals surface area (Å²) in [6.45, 7) is 1.88. The first kappa shape index (κ1) is 20.9. The van der Waals surface area contributed by atoms with Gasteiger partial charge in [-0.3, -0.25) is 4.79 Å². The van der Waals surface area contributed by atoms with E-state index in [4.69, 9.17) is 20.9 Å². The summed E-state index contributed by atoms with van der Waals surface area (Å²) < 4.78 is 36.9. The van der Waals surface area contributed by atoms with Gasteiger partial charge in [0.25, 0.3) is 5.89 Å². The first-order chi connectivity index (χ1) is 14.3. The fraction of sp³-hybridized carbons (Fsp3) is 0.476. The summed E-state index contributed by atoms with van der Waals surface area (Å²) >= 11 is 5.96.